The second kappa shape index (κ2) is 4.92. The molecule has 2 atom stereocenters. The van der Waals surface area contributed by atoms with Gasteiger partial charge < -0.3 is 0 Å². The lowest BCUT2D eigenvalue weighted by molar-refractivity contribution is -0.137. The molecule has 2 aliphatic heterocycles. The van der Waals surface area contributed by atoms with Crippen LogP contribution < -0.4 is 0 Å². The number of hydrogen-bond acceptors (Lipinski definition) is 1. The van der Waals surface area contributed by atoms with E-state index in [-0.39, 0.29) is 0 Å². The zero-order valence-corrected chi connectivity index (χ0v) is 11.5. The molecular formula is C16H18F3N. The second-order valence-corrected chi connectivity index (χ2v) is 5.87. The first kappa shape index (κ1) is 13.7. The molecule has 2 bridgehead atoms. The van der Waals surface area contributed by atoms with Gasteiger partial charge in [0.2, 0.25) is 0 Å². The third-order valence-corrected chi connectivity index (χ3v) is 4.51. The monoisotopic (exact) mass is 281 g/mol. The molecule has 3 rings (SSSR count). The van der Waals surface area contributed by atoms with Crippen molar-refractivity contribution in [3.8, 4) is 0 Å². The maximum Gasteiger partial charge on any atom is 0.416 e. The molecule has 1 saturated heterocycles. The van der Waals surface area contributed by atoms with Crippen molar-refractivity contribution < 1.29 is 13.2 Å². The predicted octanol–water partition coefficient (Wildman–Crippen LogP) is 4.04. The largest absolute Gasteiger partial charge is 0.416 e. The molecule has 1 fully saturated rings. The Morgan fingerprint density at radius 3 is 2.75 bits per heavy atom. The summed E-state index contributed by atoms with van der Waals surface area (Å²) in [7, 11) is 2.14. The average Bonchev–Trinajstić information content (AvgIpc) is 2.62. The van der Waals surface area contributed by atoms with E-state index in [2.05, 4.69) is 18.0 Å². The summed E-state index contributed by atoms with van der Waals surface area (Å²) in [5.74, 6) is 0. The van der Waals surface area contributed by atoms with Gasteiger partial charge in [-0.05, 0) is 44.4 Å². The van der Waals surface area contributed by atoms with Gasteiger partial charge in [0.15, 0.2) is 0 Å². The zero-order valence-electron chi connectivity index (χ0n) is 11.5. The number of fused-ring (bicyclic) bond motifs is 2. The second-order valence-electron chi connectivity index (χ2n) is 5.87. The van der Waals surface area contributed by atoms with Crippen molar-refractivity contribution in [2.75, 3.05) is 7.05 Å². The first-order valence-electron chi connectivity index (χ1n) is 7.01. The highest BCUT2D eigenvalue weighted by molar-refractivity contribution is 5.31. The standard InChI is InChI=1S/C16H18F3N/c1-20-14-5-6-15(20)10-12(9-14)7-11-3-2-4-13(8-11)16(17,18)19/h2-4,8-9,14-15H,5-7,10H2,1H3. The summed E-state index contributed by atoms with van der Waals surface area (Å²) in [5.41, 5.74) is 1.50. The van der Waals surface area contributed by atoms with Gasteiger partial charge in [0.25, 0.3) is 0 Å². The molecule has 4 heteroatoms. The fraction of sp³-hybridized carbons (Fsp3) is 0.500. The molecule has 0 radical (unpaired) electrons. The maximum absolute atomic E-state index is 12.7. The molecule has 0 amide bonds. The van der Waals surface area contributed by atoms with Crippen LogP contribution in [0.1, 0.15) is 30.4 Å². The van der Waals surface area contributed by atoms with Gasteiger partial charge >= 0.3 is 6.18 Å². The summed E-state index contributed by atoms with van der Waals surface area (Å²) in [5, 5.41) is 0. The SMILES string of the molecule is CN1C2C=C(Cc3cccc(C(F)(F)F)c3)CC1CC2. The van der Waals surface area contributed by atoms with Gasteiger partial charge in [0, 0.05) is 12.1 Å². The molecule has 0 spiro atoms. The molecule has 1 aromatic carbocycles. The quantitative estimate of drug-likeness (QED) is 0.739. The van der Waals surface area contributed by atoms with Crippen molar-refractivity contribution in [2.45, 2.75) is 43.9 Å². The van der Waals surface area contributed by atoms with Gasteiger partial charge in [-0.1, -0.05) is 29.8 Å². The van der Waals surface area contributed by atoms with E-state index in [0.29, 0.717) is 18.5 Å². The van der Waals surface area contributed by atoms with Crippen LogP contribution in [0.4, 0.5) is 13.2 Å². The van der Waals surface area contributed by atoms with Gasteiger partial charge in [-0.15, -0.1) is 0 Å². The summed E-state index contributed by atoms with van der Waals surface area (Å²) < 4.78 is 38.1. The zero-order chi connectivity index (χ0) is 14.3. The Labute approximate surface area is 117 Å². The smallest absolute Gasteiger partial charge is 0.297 e. The summed E-state index contributed by atoms with van der Waals surface area (Å²) in [6.45, 7) is 0. The summed E-state index contributed by atoms with van der Waals surface area (Å²) in [6, 6.07) is 6.76. The number of hydrogen-bond donors (Lipinski definition) is 0. The lowest BCUT2D eigenvalue weighted by Gasteiger charge is -2.30. The fourth-order valence-corrected chi connectivity index (χ4v) is 3.38. The molecule has 2 aliphatic rings. The summed E-state index contributed by atoms with van der Waals surface area (Å²) in [4.78, 5) is 2.38. The Kier molecular flexibility index (Phi) is 3.36. The highest BCUT2D eigenvalue weighted by Gasteiger charge is 2.34. The van der Waals surface area contributed by atoms with E-state index in [0.717, 1.165) is 18.1 Å². The van der Waals surface area contributed by atoms with Gasteiger partial charge in [-0.2, -0.15) is 13.2 Å². The molecule has 0 aromatic heterocycles. The lowest BCUT2D eigenvalue weighted by atomic mass is 9.95. The van der Waals surface area contributed by atoms with E-state index in [9.17, 15) is 13.2 Å². The minimum absolute atomic E-state index is 0.481. The molecule has 1 nitrogen and oxygen atoms in total. The van der Waals surface area contributed by atoms with E-state index >= 15 is 0 Å². The molecule has 2 heterocycles. The molecule has 0 aliphatic carbocycles. The molecular weight excluding hydrogens is 263 g/mol. The molecule has 20 heavy (non-hydrogen) atoms. The van der Waals surface area contributed by atoms with Crippen LogP contribution in [0.5, 0.6) is 0 Å². The average molecular weight is 281 g/mol. The highest BCUT2D eigenvalue weighted by Crippen LogP contribution is 2.35. The van der Waals surface area contributed by atoms with Crippen molar-refractivity contribution >= 4 is 0 Å². The predicted molar refractivity (Wildman–Crippen MR) is 72.4 cm³/mol. The van der Waals surface area contributed by atoms with Crippen LogP contribution >= 0.6 is 0 Å². The van der Waals surface area contributed by atoms with Crippen molar-refractivity contribution in [1.29, 1.82) is 0 Å². The summed E-state index contributed by atoms with van der Waals surface area (Å²) >= 11 is 0. The Balaban J connectivity index is 1.77. The van der Waals surface area contributed by atoms with Crippen LogP contribution in [0.3, 0.4) is 0 Å². The minimum atomic E-state index is -4.25. The Bertz CT molecular complexity index is 533. The van der Waals surface area contributed by atoms with Crippen molar-refractivity contribution in [3.05, 3.63) is 47.0 Å². The Hall–Kier alpha value is -1.29. The Morgan fingerprint density at radius 2 is 2.05 bits per heavy atom. The number of likely N-dealkylation sites (N-methyl/N-ethyl adjacent to an activating group) is 1. The molecule has 0 saturated carbocycles. The van der Waals surface area contributed by atoms with Gasteiger partial charge in [-0.25, -0.2) is 0 Å². The first-order chi connectivity index (χ1) is 9.43. The molecule has 0 N–H and O–H groups in total. The van der Waals surface area contributed by atoms with Crippen molar-refractivity contribution in [1.82, 2.24) is 4.90 Å². The molecule has 108 valence electrons. The summed E-state index contributed by atoms with van der Waals surface area (Å²) in [6.07, 6.45) is 2.00. The van der Waals surface area contributed by atoms with Gasteiger partial charge in [-0.3, -0.25) is 4.90 Å². The number of rotatable bonds is 2. The fourth-order valence-electron chi connectivity index (χ4n) is 3.38. The highest BCUT2D eigenvalue weighted by atomic mass is 19.4. The first-order valence-corrected chi connectivity index (χ1v) is 7.01. The van der Waals surface area contributed by atoms with Crippen LogP contribution in [0.25, 0.3) is 0 Å². The number of benzene rings is 1. The lowest BCUT2D eigenvalue weighted by Crippen LogP contribution is -2.35. The van der Waals surface area contributed by atoms with E-state index in [1.807, 2.05) is 0 Å². The minimum Gasteiger partial charge on any atom is -0.297 e. The topological polar surface area (TPSA) is 3.24 Å². The van der Waals surface area contributed by atoms with Crippen LogP contribution in [0, 0.1) is 0 Å². The normalized spacial score (nSPS) is 26.7. The van der Waals surface area contributed by atoms with E-state index in [1.54, 1.807) is 6.07 Å². The number of nitrogens with zero attached hydrogens (tertiary/aromatic N) is 1. The van der Waals surface area contributed by atoms with Crippen LogP contribution in [-0.4, -0.2) is 24.0 Å². The maximum atomic E-state index is 12.7. The number of alkyl halides is 3. The van der Waals surface area contributed by atoms with E-state index < -0.39 is 11.7 Å². The van der Waals surface area contributed by atoms with E-state index in [1.165, 1.54) is 30.5 Å². The third kappa shape index (κ3) is 2.62. The van der Waals surface area contributed by atoms with Crippen molar-refractivity contribution in [2.24, 2.45) is 0 Å². The van der Waals surface area contributed by atoms with E-state index in [4.69, 9.17) is 0 Å². The van der Waals surface area contributed by atoms with Gasteiger partial charge in [0.1, 0.15) is 0 Å². The third-order valence-electron chi connectivity index (χ3n) is 4.51. The van der Waals surface area contributed by atoms with Crippen LogP contribution in [0.15, 0.2) is 35.9 Å². The Morgan fingerprint density at radius 1 is 1.25 bits per heavy atom. The molecule has 1 aromatic rings. The molecule has 2 unspecified atom stereocenters. The van der Waals surface area contributed by atoms with Crippen molar-refractivity contribution in [3.63, 3.8) is 0 Å². The van der Waals surface area contributed by atoms with Crippen LogP contribution in [-0.2, 0) is 12.6 Å². The number of halogens is 3. The van der Waals surface area contributed by atoms with Gasteiger partial charge in [0.05, 0.1) is 5.56 Å². The van der Waals surface area contributed by atoms with Crippen LogP contribution in [0.2, 0.25) is 0 Å².